The van der Waals surface area contributed by atoms with Crippen molar-refractivity contribution in [1.82, 2.24) is 14.6 Å². The van der Waals surface area contributed by atoms with Crippen molar-refractivity contribution < 1.29 is 37.7 Å². The molecule has 12 nitrogen and oxygen atoms in total. The lowest BCUT2D eigenvalue weighted by molar-refractivity contribution is -0.168. The van der Waals surface area contributed by atoms with Crippen molar-refractivity contribution in [2.45, 2.75) is 76.4 Å². The van der Waals surface area contributed by atoms with Crippen LogP contribution in [0.25, 0.3) is 0 Å². The molecule has 3 heterocycles. The van der Waals surface area contributed by atoms with Gasteiger partial charge in [0.05, 0.1) is 24.7 Å². The van der Waals surface area contributed by atoms with E-state index in [-0.39, 0.29) is 17.3 Å². The molecular weight excluding hydrogens is 549 g/mol. The van der Waals surface area contributed by atoms with Gasteiger partial charge in [0, 0.05) is 25.1 Å². The number of allylic oxidation sites excluding steroid dienone is 4. The van der Waals surface area contributed by atoms with Gasteiger partial charge in [-0.1, -0.05) is 18.1 Å². The van der Waals surface area contributed by atoms with Gasteiger partial charge < -0.3 is 23.8 Å². The van der Waals surface area contributed by atoms with Crippen LogP contribution in [0.1, 0.15) is 40.0 Å². The van der Waals surface area contributed by atoms with Crippen molar-refractivity contribution in [3.05, 3.63) is 51.4 Å². The third-order valence-electron chi connectivity index (χ3n) is 6.28. The summed E-state index contributed by atoms with van der Waals surface area (Å²) in [6.45, 7) is 4.47. The molecule has 14 heteroatoms. The van der Waals surface area contributed by atoms with Crippen LogP contribution in [0, 0.1) is 23.0 Å². The zero-order chi connectivity index (χ0) is 28.4. The van der Waals surface area contributed by atoms with Gasteiger partial charge in [-0.2, -0.15) is 5.09 Å². The predicted octanol–water partition coefficient (Wildman–Crippen LogP) is 2.62. The van der Waals surface area contributed by atoms with Crippen LogP contribution in [-0.4, -0.2) is 57.7 Å². The summed E-state index contributed by atoms with van der Waals surface area (Å²) < 4.78 is 44.2. The summed E-state index contributed by atoms with van der Waals surface area (Å²) in [7, 11) is -4.19. The first-order chi connectivity index (χ1) is 18.5. The number of hydrogen-bond donors (Lipinski definition) is 3. The van der Waals surface area contributed by atoms with Gasteiger partial charge in [-0.25, -0.2) is 4.57 Å². The van der Waals surface area contributed by atoms with E-state index in [0.29, 0.717) is 18.6 Å². The summed E-state index contributed by atoms with van der Waals surface area (Å²) in [6.07, 6.45) is 10.7. The third-order valence-corrected chi connectivity index (χ3v) is 8.25. The molecule has 3 aliphatic rings. The molecule has 1 aliphatic carbocycles. The van der Waals surface area contributed by atoms with Crippen LogP contribution >= 0.6 is 20.0 Å². The minimum absolute atomic E-state index is 0.0452. The highest BCUT2D eigenvalue weighted by atomic mass is 32.1. The number of nitrogens with one attached hydrogen (secondary N) is 2. The first kappa shape index (κ1) is 29.4. The monoisotopic (exact) mass is 581 g/mol. The second kappa shape index (κ2) is 11.9. The van der Waals surface area contributed by atoms with Crippen LogP contribution in [0.5, 0.6) is 0 Å². The Morgan fingerprint density at radius 2 is 2.21 bits per heavy atom. The molecule has 1 aromatic rings. The van der Waals surface area contributed by atoms with Crippen LogP contribution in [0.15, 0.2) is 41.0 Å². The van der Waals surface area contributed by atoms with Crippen LogP contribution in [-0.2, 0) is 38.5 Å². The van der Waals surface area contributed by atoms with E-state index in [1.165, 1.54) is 23.8 Å². The van der Waals surface area contributed by atoms with Crippen LogP contribution in [0.4, 0.5) is 0 Å². The molecule has 4 unspecified atom stereocenters. The van der Waals surface area contributed by atoms with Crippen LogP contribution in [0.2, 0.25) is 0 Å². The number of carbonyl (C=O) groups is 1. The third kappa shape index (κ3) is 6.78. The van der Waals surface area contributed by atoms with E-state index in [1.54, 1.807) is 26.0 Å². The number of epoxide rings is 1. The fourth-order valence-electron chi connectivity index (χ4n) is 4.36. The molecule has 3 N–H and O–H groups in total. The molecule has 39 heavy (non-hydrogen) atoms. The first-order valence-electron chi connectivity index (χ1n) is 12.6. The average Bonchev–Trinajstić information content (AvgIpc) is 3.56. The minimum Gasteiger partial charge on any atom is -0.462 e. The number of aliphatic hydroxyl groups excluding tert-OH is 1. The van der Waals surface area contributed by atoms with Crippen molar-refractivity contribution >= 4 is 25.9 Å². The number of aromatic nitrogens is 2. The van der Waals surface area contributed by atoms with E-state index >= 15 is 0 Å². The fraction of sp³-hybridized carbons (Fsp3) is 0.560. The fourth-order valence-corrected chi connectivity index (χ4v) is 6.21. The summed E-state index contributed by atoms with van der Waals surface area (Å²) in [4.78, 5) is 26.6. The summed E-state index contributed by atoms with van der Waals surface area (Å²) in [5, 5.41) is 13.5. The van der Waals surface area contributed by atoms with Crippen molar-refractivity contribution in [1.29, 1.82) is 0 Å². The quantitative estimate of drug-likeness (QED) is 0.123. The number of hydrogen-bond acceptors (Lipinski definition) is 10. The maximum Gasteiger partial charge on any atom is 0.459 e. The first-order valence-corrected chi connectivity index (χ1v) is 14.5. The lowest BCUT2D eigenvalue weighted by Crippen LogP contribution is -2.40. The van der Waals surface area contributed by atoms with E-state index in [9.17, 15) is 19.3 Å². The van der Waals surface area contributed by atoms with Gasteiger partial charge >= 0.3 is 13.7 Å². The van der Waals surface area contributed by atoms with E-state index in [4.69, 9.17) is 41.9 Å². The van der Waals surface area contributed by atoms with E-state index < -0.39 is 62.1 Å². The van der Waals surface area contributed by atoms with Gasteiger partial charge in [0.1, 0.15) is 24.0 Å². The normalized spacial score (nSPS) is 30.2. The second-order valence-corrected chi connectivity index (χ2v) is 11.8. The number of rotatable bonds is 10. The smallest absolute Gasteiger partial charge is 0.459 e. The minimum atomic E-state index is -4.19. The Kier molecular flexibility index (Phi) is 8.98. The SMILES string of the molecule is C#C[C@@H]1C(O)CC2O[C@]2(n2ccc(=O)[nH]c2=S)OC1COP(=O)(N[C@@H](C)C(=O)OC(C)C)OC1=CC=CCC1. The van der Waals surface area contributed by atoms with Gasteiger partial charge in [0.15, 0.2) is 4.77 Å². The maximum atomic E-state index is 13.9. The standard InChI is InChI=1S/C25H32N3O9PS/c1-5-18-19(29)13-21-25(36-21,28-12-11-22(30)26-24(28)39)35-20(18)14-33-38(32,37-17-9-7-6-8-10-17)27-16(4)23(31)34-15(2)3/h1,6-7,9,11-12,15-16,18-21,29H,8,10,13-14H2,2-4H3,(H,27,32)(H,26,30,39)/t16-,18+,19?,20?,21?,25+,38?/m0/s1. The Morgan fingerprint density at radius 1 is 1.44 bits per heavy atom. The number of aliphatic hydroxyl groups is 1. The lowest BCUT2D eigenvalue weighted by atomic mass is 9.95. The number of terminal acetylenes is 1. The zero-order valence-corrected chi connectivity index (χ0v) is 23.5. The number of esters is 1. The van der Waals surface area contributed by atoms with Gasteiger partial charge in [0.2, 0.25) is 0 Å². The second-order valence-electron chi connectivity index (χ2n) is 9.69. The number of aromatic amines is 1. The Bertz CT molecular complexity index is 1350. The van der Waals surface area contributed by atoms with Crippen LogP contribution < -0.4 is 10.6 Å². The predicted molar refractivity (Wildman–Crippen MR) is 141 cm³/mol. The van der Waals surface area contributed by atoms with E-state index in [0.717, 1.165) is 0 Å². The molecule has 0 radical (unpaired) electrons. The molecule has 212 valence electrons. The number of ether oxygens (including phenoxy) is 3. The molecule has 4 rings (SSSR count). The molecule has 2 fully saturated rings. The van der Waals surface area contributed by atoms with Gasteiger partial charge in [-0.05, 0) is 45.5 Å². The summed E-state index contributed by atoms with van der Waals surface area (Å²) in [5.74, 6) is -0.0410. The van der Waals surface area contributed by atoms with Crippen molar-refractivity contribution in [2.24, 2.45) is 5.92 Å². The molecule has 2 aliphatic heterocycles. The Morgan fingerprint density at radius 3 is 2.85 bits per heavy atom. The molecule has 0 saturated carbocycles. The average molecular weight is 582 g/mol. The van der Waals surface area contributed by atoms with Gasteiger partial charge in [-0.15, -0.1) is 6.42 Å². The number of H-pyrrole nitrogens is 1. The molecular formula is C25H32N3O9PS. The largest absolute Gasteiger partial charge is 0.462 e. The summed E-state index contributed by atoms with van der Waals surface area (Å²) in [5.41, 5.74) is -0.402. The van der Waals surface area contributed by atoms with E-state index in [2.05, 4.69) is 16.0 Å². The van der Waals surface area contributed by atoms with Crippen molar-refractivity contribution in [3.8, 4) is 12.3 Å². The van der Waals surface area contributed by atoms with E-state index in [1.807, 2.05) is 6.08 Å². The highest BCUT2D eigenvalue weighted by Gasteiger charge is 2.65. The molecule has 2 saturated heterocycles. The number of nitrogens with zero attached hydrogens (tertiary/aromatic N) is 1. The highest BCUT2D eigenvalue weighted by molar-refractivity contribution is 7.71. The molecule has 0 spiro atoms. The summed E-state index contributed by atoms with van der Waals surface area (Å²) >= 11 is 5.29. The number of fused-ring (bicyclic) bond motifs is 1. The zero-order valence-electron chi connectivity index (χ0n) is 21.8. The number of carbonyl (C=O) groups excluding carboxylic acids is 1. The molecule has 1 aromatic heterocycles. The highest BCUT2D eigenvalue weighted by Crippen LogP contribution is 2.52. The van der Waals surface area contributed by atoms with Crippen molar-refractivity contribution in [2.75, 3.05) is 6.61 Å². The Balaban J connectivity index is 1.58. The topological polar surface area (TPSA) is 154 Å². The summed E-state index contributed by atoms with van der Waals surface area (Å²) in [6, 6.07) is 0.220. The van der Waals surface area contributed by atoms with Gasteiger partial charge in [-0.3, -0.25) is 23.7 Å². The Hall–Kier alpha value is -2.56. The molecule has 0 amide bonds. The molecule has 0 bridgehead atoms. The molecule has 7 atom stereocenters. The Labute approximate surface area is 230 Å². The maximum absolute atomic E-state index is 13.9. The van der Waals surface area contributed by atoms with Crippen LogP contribution in [0.3, 0.4) is 0 Å². The van der Waals surface area contributed by atoms with Gasteiger partial charge in [0.25, 0.3) is 11.5 Å². The lowest BCUT2D eigenvalue weighted by Gasteiger charge is -2.30. The molecule has 0 aromatic carbocycles. The van der Waals surface area contributed by atoms with Crippen molar-refractivity contribution in [3.63, 3.8) is 0 Å².